The Labute approximate surface area is 118 Å². The van der Waals surface area contributed by atoms with Crippen molar-refractivity contribution in [1.82, 2.24) is 14.5 Å². The molecule has 2 N–H and O–H groups in total. The minimum atomic E-state index is 0.630. The summed E-state index contributed by atoms with van der Waals surface area (Å²) in [7, 11) is 2.06. The van der Waals surface area contributed by atoms with Crippen molar-refractivity contribution in [2.45, 2.75) is 19.6 Å². The lowest BCUT2D eigenvalue weighted by Gasteiger charge is -2.16. The van der Waals surface area contributed by atoms with Gasteiger partial charge in [0.05, 0.1) is 12.0 Å². The molecule has 0 amide bonds. The van der Waals surface area contributed by atoms with Crippen LogP contribution >= 0.6 is 11.6 Å². The summed E-state index contributed by atoms with van der Waals surface area (Å²) in [6.07, 6.45) is 3.86. The van der Waals surface area contributed by atoms with Crippen molar-refractivity contribution < 1.29 is 0 Å². The van der Waals surface area contributed by atoms with Crippen LogP contribution in [0.15, 0.2) is 36.8 Å². The molecule has 0 aliphatic heterocycles. The van der Waals surface area contributed by atoms with E-state index in [0.29, 0.717) is 6.54 Å². The van der Waals surface area contributed by atoms with Crippen molar-refractivity contribution in [2.24, 2.45) is 5.73 Å². The summed E-state index contributed by atoms with van der Waals surface area (Å²) < 4.78 is 2.01. The predicted octanol–water partition coefficient (Wildman–Crippen LogP) is 2.13. The van der Waals surface area contributed by atoms with Gasteiger partial charge in [0.1, 0.15) is 0 Å². The van der Waals surface area contributed by atoms with Gasteiger partial charge in [0.15, 0.2) is 0 Å². The van der Waals surface area contributed by atoms with Crippen LogP contribution in [0.3, 0.4) is 0 Å². The molecule has 0 saturated heterocycles. The number of rotatable bonds is 6. The molecule has 2 rings (SSSR count). The maximum atomic E-state index is 6.16. The number of hydrogen-bond donors (Lipinski definition) is 1. The molecule has 4 nitrogen and oxygen atoms in total. The Morgan fingerprint density at radius 1 is 1.32 bits per heavy atom. The lowest BCUT2D eigenvalue weighted by atomic mass is 10.2. The van der Waals surface area contributed by atoms with Crippen molar-refractivity contribution in [3.63, 3.8) is 0 Å². The fourth-order valence-corrected chi connectivity index (χ4v) is 2.20. The van der Waals surface area contributed by atoms with E-state index in [0.717, 1.165) is 35.9 Å². The third-order valence-electron chi connectivity index (χ3n) is 2.90. The van der Waals surface area contributed by atoms with E-state index in [1.165, 1.54) is 0 Å². The van der Waals surface area contributed by atoms with Crippen LogP contribution in [0.4, 0.5) is 0 Å². The second kappa shape index (κ2) is 6.70. The molecule has 0 spiro atoms. The van der Waals surface area contributed by atoms with Gasteiger partial charge in [-0.2, -0.15) is 0 Å². The second-order valence-corrected chi connectivity index (χ2v) is 5.06. The first kappa shape index (κ1) is 14.1. The normalized spacial score (nSPS) is 11.2. The lowest BCUT2D eigenvalue weighted by Crippen LogP contribution is -2.17. The molecule has 2 aromatic rings. The number of nitrogens with zero attached hydrogens (tertiary/aromatic N) is 3. The van der Waals surface area contributed by atoms with Gasteiger partial charge in [-0.1, -0.05) is 29.8 Å². The Hall–Kier alpha value is -1.36. The quantitative estimate of drug-likeness (QED) is 0.881. The molecule has 0 aliphatic carbocycles. The van der Waals surface area contributed by atoms with E-state index in [-0.39, 0.29) is 0 Å². The fourth-order valence-electron chi connectivity index (χ4n) is 2.01. The summed E-state index contributed by atoms with van der Waals surface area (Å²) in [5.41, 5.74) is 7.69. The predicted molar refractivity (Wildman–Crippen MR) is 77.9 cm³/mol. The molecule has 0 aliphatic rings. The maximum absolute atomic E-state index is 6.16. The zero-order chi connectivity index (χ0) is 13.7. The summed E-state index contributed by atoms with van der Waals surface area (Å²) in [6, 6.07) is 7.91. The van der Waals surface area contributed by atoms with Crippen LogP contribution in [0.5, 0.6) is 0 Å². The highest BCUT2D eigenvalue weighted by atomic mass is 35.5. The molecule has 0 saturated carbocycles. The van der Waals surface area contributed by atoms with E-state index in [1.807, 2.05) is 41.4 Å². The largest absolute Gasteiger partial charge is 0.336 e. The average Bonchev–Trinajstić information content (AvgIpc) is 2.80. The molecule has 102 valence electrons. The van der Waals surface area contributed by atoms with Gasteiger partial charge in [0.25, 0.3) is 0 Å². The summed E-state index contributed by atoms with van der Waals surface area (Å²) >= 11 is 6.16. The molecule has 0 atom stereocenters. The highest BCUT2D eigenvalue weighted by molar-refractivity contribution is 6.31. The van der Waals surface area contributed by atoms with Crippen molar-refractivity contribution in [1.29, 1.82) is 0 Å². The van der Waals surface area contributed by atoms with E-state index < -0.39 is 0 Å². The molecular formula is C14H19ClN4. The molecule has 1 aromatic carbocycles. The molecule has 19 heavy (non-hydrogen) atoms. The zero-order valence-corrected chi connectivity index (χ0v) is 11.8. The summed E-state index contributed by atoms with van der Waals surface area (Å²) in [6.45, 7) is 3.04. The first-order valence-corrected chi connectivity index (χ1v) is 6.69. The highest BCUT2D eigenvalue weighted by Crippen LogP contribution is 2.17. The van der Waals surface area contributed by atoms with Gasteiger partial charge in [0.2, 0.25) is 0 Å². The number of benzene rings is 1. The molecule has 5 heteroatoms. The van der Waals surface area contributed by atoms with Gasteiger partial charge < -0.3 is 10.3 Å². The summed E-state index contributed by atoms with van der Waals surface area (Å²) in [5.74, 6) is 0. The van der Waals surface area contributed by atoms with Crippen LogP contribution in [0.25, 0.3) is 0 Å². The molecule has 0 radical (unpaired) electrons. The van der Waals surface area contributed by atoms with Crippen molar-refractivity contribution in [2.75, 3.05) is 13.6 Å². The number of nitrogens with two attached hydrogens (primary N) is 1. The van der Waals surface area contributed by atoms with Crippen LogP contribution in [0.1, 0.15) is 11.3 Å². The number of aromatic nitrogens is 2. The molecule has 1 aromatic heterocycles. The Kier molecular flexibility index (Phi) is 4.96. The van der Waals surface area contributed by atoms with Crippen LogP contribution < -0.4 is 5.73 Å². The molecule has 1 heterocycles. The Bertz CT molecular complexity index is 524. The van der Waals surface area contributed by atoms with Gasteiger partial charge in [0, 0.05) is 37.4 Å². The van der Waals surface area contributed by atoms with E-state index in [9.17, 15) is 0 Å². The molecule has 0 fully saturated rings. The summed E-state index contributed by atoms with van der Waals surface area (Å²) in [5, 5.41) is 0.808. The van der Waals surface area contributed by atoms with Crippen molar-refractivity contribution in [3.8, 4) is 0 Å². The van der Waals surface area contributed by atoms with Gasteiger partial charge in [-0.3, -0.25) is 4.90 Å². The Morgan fingerprint density at radius 3 is 2.84 bits per heavy atom. The number of imidazole rings is 1. The van der Waals surface area contributed by atoms with Crippen molar-refractivity contribution in [3.05, 3.63) is 53.1 Å². The van der Waals surface area contributed by atoms with Gasteiger partial charge in [-0.05, 0) is 18.7 Å². The van der Waals surface area contributed by atoms with Crippen LogP contribution in [-0.4, -0.2) is 28.0 Å². The van der Waals surface area contributed by atoms with E-state index in [1.54, 1.807) is 0 Å². The zero-order valence-electron chi connectivity index (χ0n) is 11.1. The first-order valence-electron chi connectivity index (χ1n) is 6.31. The SMILES string of the molecule is CN(Cc1cn(CCN)cn1)Cc1ccccc1Cl. The third kappa shape index (κ3) is 4.06. The van der Waals surface area contributed by atoms with E-state index >= 15 is 0 Å². The van der Waals surface area contributed by atoms with Crippen LogP contribution in [-0.2, 0) is 19.6 Å². The smallest absolute Gasteiger partial charge is 0.0950 e. The molecule has 0 unspecified atom stereocenters. The van der Waals surface area contributed by atoms with Gasteiger partial charge in [-0.25, -0.2) is 4.98 Å². The van der Waals surface area contributed by atoms with E-state index in [4.69, 9.17) is 17.3 Å². The van der Waals surface area contributed by atoms with Gasteiger partial charge in [-0.15, -0.1) is 0 Å². The second-order valence-electron chi connectivity index (χ2n) is 4.66. The number of halogens is 1. The maximum Gasteiger partial charge on any atom is 0.0950 e. The average molecular weight is 279 g/mol. The lowest BCUT2D eigenvalue weighted by molar-refractivity contribution is 0.315. The number of hydrogen-bond acceptors (Lipinski definition) is 3. The van der Waals surface area contributed by atoms with Crippen LogP contribution in [0.2, 0.25) is 5.02 Å². The first-order chi connectivity index (χ1) is 9.19. The monoisotopic (exact) mass is 278 g/mol. The minimum absolute atomic E-state index is 0.630. The minimum Gasteiger partial charge on any atom is -0.336 e. The topological polar surface area (TPSA) is 47.1 Å². The molecule has 0 bridgehead atoms. The van der Waals surface area contributed by atoms with Crippen LogP contribution in [0, 0.1) is 0 Å². The van der Waals surface area contributed by atoms with E-state index in [2.05, 4.69) is 16.9 Å². The van der Waals surface area contributed by atoms with Gasteiger partial charge >= 0.3 is 0 Å². The Morgan fingerprint density at radius 2 is 2.11 bits per heavy atom. The molecular weight excluding hydrogens is 260 g/mol. The Balaban J connectivity index is 1.93. The standard InChI is InChI=1S/C14H19ClN4/c1-18(8-12-4-2-3-5-14(12)15)9-13-10-19(7-6-16)11-17-13/h2-5,10-11H,6-9,16H2,1H3. The fraction of sp³-hybridized carbons (Fsp3) is 0.357. The third-order valence-corrected chi connectivity index (χ3v) is 3.27. The summed E-state index contributed by atoms with van der Waals surface area (Å²) in [4.78, 5) is 6.56. The van der Waals surface area contributed by atoms with Crippen molar-refractivity contribution >= 4 is 11.6 Å². The highest BCUT2D eigenvalue weighted by Gasteiger charge is 2.06.